The second-order valence-electron chi connectivity index (χ2n) is 10.4. The minimum Gasteiger partial charge on any atom is -0.455 e. The zero-order valence-corrected chi connectivity index (χ0v) is 21.8. The van der Waals surface area contributed by atoms with Crippen LogP contribution < -0.4 is 11.1 Å². The molecule has 2 amide bonds. The maximum atomic E-state index is 13.5. The van der Waals surface area contributed by atoms with Crippen LogP contribution in [0.3, 0.4) is 0 Å². The fourth-order valence-corrected chi connectivity index (χ4v) is 5.20. The molecule has 1 heterocycles. The fourth-order valence-electron chi connectivity index (χ4n) is 5.20. The lowest BCUT2D eigenvalue weighted by Crippen LogP contribution is -2.34. The van der Waals surface area contributed by atoms with Crippen molar-refractivity contribution in [1.82, 2.24) is 5.32 Å². The van der Waals surface area contributed by atoms with Crippen LogP contribution in [-0.4, -0.2) is 11.8 Å². The first-order valence-electron chi connectivity index (χ1n) is 13.0. The third kappa shape index (κ3) is 4.75. The van der Waals surface area contributed by atoms with Crippen LogP contribution in [-0.2, 0) is 12.0 Å². The Morgan fingerprint density at radius 3 is 2.23 bits per heavy atom. The monoisotopic (exact) mass is 536 g/mol. The first-order chi connectivity index (χ1) is 19.2. The van der Waals surface area contributed by atoms with Crippen molar-refractivity contribution in [2.75, 3.05) is 0 Å². The average Bonchev–Trinajstić information content (AvgIpc) is 3.61. The van der Waals surface area contributed by atoms with E-state index in [1.165, 1.54) is 24.3 Å². The van der Waals surface area contributed by atoms with Crippen LogP contribution in [0, 0.1) is 18.6 Å². The number of nitrogens with two attached hydrogens (primary N) is 1. The second kappa shape index (κ2) is 9.75. The Labute approximate surface area is 229 Å². The number of furan rings is 1. The van der Waals surface area contributed by atoms with E-state index in [0.717, 1.165) is 35.1 Å². The Morgan fingerprint density at radius 1 is 0.900 bits per heavy atom. The molecule has 1 aromatic heterocycles. The van der Waals surface area contributed by atoms with Crippen LogP contribution in [0.1, 0.15) is 55.8 Å². The van der Waals surface area contributed by atoms with E-state index in [2.05, 4.69) is 5.32 Å². The number of hydrogen-bond donors (Lipinski definition) is 2. The van der Waals surface area contributed by atoms with E-state index in [0.29, 0.717) is 34.3 Å². The number of primary amides is 1. The molecule has 0 atom stereocenters. The van der Waals surface area contributed by atoms with Crippen molar-refractivity contribution >= 4 is 22.8 Å². The zero-order chi connectivity index (χ0) is 28.0. The maximum absolute atomic E-state index is 13.5. The predicted octanol–water partition coefficient (Wildman–Crippen LogP) is 6.80. The van der Waals surface area contributed by atoms with Crippen LogP contribution in [0.25, 0.3) is 22.3 Å². The summed E-state index contributed by atoms with van der Waals surface area (Å²) in [5.41, 5.74) is 10.9. The number of aryl methyl sites for hydroxylation is 1. The fraction of sp³-hybridized carbons (Fsp3) is 0.152. The highest BCUT2D eigenvalue weighted by Crippen LogP contribution is 2.45. The number of nitrogens with one attached hydrogen (secondary N) is 1. The molecule has 0 unspecified atom stereocenters. The Hall–Kier alpha value is -4.78. The summed E-state index contributed by atoms with van der Waals surface area (Å²) in [6.07, 6.45) is 2.12. The Kier molecular flexibility index (Phi) is 6.22. The highest BCUT2D eigenvalue weighted by molar-refractivity contribution is 6.10. The average molecular weight is 537 g/mol. The van der Waals surface area contributed by atoms with E-state index in [-0.39, 0.29) is 17.3 Å². The second-order valence-corrected chi connectivity index (χ2v) is 10.4. The van der Waals surface area contributed by atoms with Gasteiger partial charge in [-0.15, -0.1) is 0 Å². The molecule has 7 heteroatoms. The van der Waals surface area contributed by atoms with Crippen molar-refractivity contribution in [1.29, 1.82) is 0 Å². The van der Waals surface area contributed by atoms with Crippen LogP contribution in [0.2, 0.25) is 0 Å². The largest absolute Gasteiger partial charge is 0.455 e. The standard InChI is InChI=1S/C33H26F2N2O3/c1-19-2-4-22(32(39)37-33(14-15-33)24-7-11-26(35)12-8-24)18-23(19)16-20-3-13-28-27(17-20)29(31(36)38)30(40-28)21-5-9-25(34)10-6-21/h2-13,17-18H,14-16H2,1H3,(H2,36,38)(H,37,39). The van der Waals surface area contributed by atoms with Gasteiger partial charge in [0.15, 0.2) is 0 Å². The summed E-state index contributed by atoms with van der Waals surface area (Å²) in [6.45, 7) is 1.98. The molecule has 3 N–H and O–H groups in total. The molecule has 0 aliphatic heterocycles. The number of carbonyl (C=O) groups is 2. The lowest BCUT2D eigenvalue weighted by atomic mass is 9.96. The van der Waals surface area contributed by atoms with Gasteiger partial charge in [-0.1, -0.05) is 24.3 Å². The molecule has 5 aromatic rings. The van der Waals surface area contributed by atoms with Crippen LogP contribution in [0.15, 0.2) is 89.3 Å². The summed E-state index contributed by atoms with van der Waals surface area (Å²) < 4.78 is 32.8. The van der Waals surface area contributed by atoms with Crippen LogP contribution in [0.5, 0.6) is 0 Å². The van der Waals surface area contributed by atoms with Crippen LogP contribution >= 0.6 is 0 Å². The van der Waals surface area contributed by atoms with Gasteiger partial charge >= 0.3 is 0 Å². The number of carbonyl (C=O) groups excluding carboxylic acids is 2. The van der Waals surface area contributed by atoms with Crippen molar-refractivity contribution < 1.29 is 22.8 Å². The van der Waals surface area contributed by atoms with Crippen molar-refractivity contribution in [3.8, 4) is 11.3 Å². The van der Waals surface area contributed by atoms with Crippen molar-refractivity contribution in [3.63, 3.8) is 0 Å². The molecule has 4 aromatic carbocycles. The van der Waals surface area contributed by atoms with Gasteiger partial charge in [-0.2, -0.15) is 0 Å². The van der Waals surface area contributed by atoms with Gasteiger partial charge < -0.3 is 15.5 Å². The first-order valence-corrected chi connectivity index (χ1v) is 13.0. The molecule has 0 bridgehead atoms. The summed E-state index contributed by atoms with van der Waals surface area (Å²) in [5.74, 6) is -1.23. The third-order valence-electron chi connectivity index (χ3n) is 7.61. The molecule has 1 saturated carbocycles. The third-order valence-corrected chi connectivity index (χ3v) is 7.61. The molecule has 0 spiro atoms. The predicted molar refractivity (Wildman–Crippen MR) is 149 cm³/mol. The lowest BCUT2D eigenvalue weighted by molar-refractivity contribution is 0.0929. The first kappa shape index (κ1) is 25.5. The Bertz CT molecular complexity index is 1770. The number of hydrogen-bond acceptors (Lipinski definition) is 3. The van der Waals surface area contributed by atoms with E-state index in [9.17, 15) is 18.4 Å². The van der Waals surface area contributed by atoms with Gasteiger partial charge in [0.2, 0.25) is 0 Å². The van der Waals surface area contributed by atoms with E-state index in [1.54, 1.807) is 36.4 Å². The minimum atomic E-state index is -0.639. The molecular weight excluding hydrogens is 510 g/mol. The van der Waals surface area contributed by atoms with Crippen molar-refractivity contribution in [2.45, 2.75) is 31.7 Å². The number of benzene rings is 4. The molecule has 1 fully saturated rings. The molecule has 5 nitrogen and oxygen atoms in total. The highest BCUT2D eigenvalue weighted by atomic mass is 19.1. The number of rotatable bonds is 7. The van der Waals surface area contributed by atoms with Crippen molar-refractivity contribution in [2.24, 2.45) is 5.73 Å². The van der Waals surface area contributed by atoms with Gasteiger partial charge in [0.1, 0.15) is 23.0 Å². The topological polar surface area (TPSA) is 85.3 Å². The highest BCUT2D eigenvalue weighted by Gasteiger charge is 2.45. The molecule has 0 saturated heterocycles. The number of halogens is 2. The smallest absolute Gasteiger partial charge is 0.253 e. The summed E-state index contributed by atoms with van der Waals surface area (Å²) in [5, 5.41) is 3.72. The van der Waals surface area contributed by atoms with E-state index >= 15 is 0 Å². The zero-order valence-electron chi connectivity index (χ0n) is 21.8. The van der Waals surface area contributed by atoms with E-state index < -0.39 is 17.3 Å². The molecule has 1 aliphatic rings. The number of amides is 2. The molecular formula is C33H26F2N2O3. The molecule has 6 rings (SSSR count). The Balaban J connectivity index is 1.28. The van der Waals surface area contributed by atoms with Crippen LogP contribution in [0.4, 0.5) is 8.78 Å². The van der Waals surface area contributed by atoms with Gasteiger partial charge in [-0.05, 0) is 109 Å². The summed E-state index contributed by atoms with van der Waals surface area (Å²) >= 11 is 0. The minimum absolute atomic E-state index is 0.187. The molecule has 40 heavy (non-hydrogen) atoms. The van der Waals surface area contributed by atoms with Gasteiger partial charge in [-0.3, -0.25) is 9.59 Å². The SMILES string of the molecule is Cc1ccc(C(=O)NC2(c3ccc(F)cc3)CC2)cc1Cc1ccc2oc(-c3ccc(F)cc3)c(C(N)=O)c2c1. The van der Waals surface area contributed by atoms with Gasteiger partial charge in [0.25, 0.3) is 11.8 Å². The summed E-state index contributed by atoms with van der Waals surface area (Å²) in [6, 6.07) is 23.1. The molecule has 200 valence electrons. The summed E-state index contributed by atoms with van der Waals surface area (Å²) in [4.78, 5) is 25.7. The van der Waals surface area contributed by atoms with E-state index in [4.69, 9.17) is 10.2 Å². The summed E-state index contributed by atoms with van der Waals surface area (Å²) in [7, 11) is 0. The van der Waals surface area contributed by atoms with Gasteiger partial charge in [-0.25, -0.2) is 8.78 Å². The van der Waals surface area contributed by atoms with Crippen molar-refractivity contribution in [3.05, 3.63) is 130 Å². The molecule has 1 aliphatic carbocycles. The maximum Gasteiger partial charge on any atom is 0.253 e. The lowest BCUT2D eigenvalue weighted by Gasteiger charge is -2.19. The molecule has 0 radical (unpaired) electrons. The van der Waals surface area contributed by atoms with Gasteiger partial charge in [0, 0.05) is 16.5 Å². The van der Waals surface area contributed by atoms with E-state index in [1.807, 2.05) is 31.2 Å². The Morgan fingerprint density at radius 2 is 1.57 bits per heavy atom. The normalized spacial score (nSPS) is 13.8. The van der Waals surface area contributed by atoms with Gasteiger partial charge in [0.05, 0.1) is 11.1 Å². The number of fused-ring (bicyclic) bond motifs is 1. The quantitative estimate of drug-likeness (QED) is 0.240.